The minimum absolute atomic E-state index is 0.498. The molecule has 0 aliphatic carbocycles. The first kappa shape index (κ1) is 16.2. The number of rotatable bonds is 4. The normalized spacial score (nSPS) is 15.1. The number of anilines is 1. The molecule has 1 fully saturated rings. The Morgan fingerprint density at radius 3 is 2.79 bits per heavy atom. The van der Waals surface area contributed by atoms with Crippen LogP contribution in [0.3, 0.4) is 0 Å². The first-order valence-electron chi connectivity index (χ1n) is 8.20. The third kappa shape index (κ3) is 3.46. The van der Waals surface area contributed by atoms with Crippen LogP contribution in [0.1, 0.15) is 29.8 Å². The molecule has 0 N–H and O–H groups in total. The molecule has 124 valence electrons. The molecule has 0 unspecified atom stereocenters. The molecule has 3 heterocycles. The van der Waals surface area contributed by atoms with Gasteiger partial charge in [0.25, 0.3) is 0 Å². The standard InChI is InChI=1S/C18H21N5O/c1-13-14(2)21-12-22-18(13)24-11-15-5-8-23(9-6-15)17-4-3-7-20-16(17)10-19/h3-4,7,12,15H,5-6,8-9,11H2,1-2H3. The highest BCUT2D eigenvalue weighted by molar-refractivity contribution is 5.55. The molecule has 2 aromatic rings. The van der Waals surface area contributed by atoms with E-state index >= 15 is 0 Å². The molecule has 1 saturated heterocycles. The number of aromatic nitrogens is 3. The highest BCUT2D eigenvalue weighted by Crippen LogP contribution is 2.26. The van der Waals surface area contributed by atoms with Gasteiger partial charge in [-0.1, -0.05) is 0 Å². The summed E-state index contributed by atoms with van der Waals surface area (Å²) in [6, 6.07) is 6.02. The second-order valence-electron chi connectivity index (χ2n) is 6.11. The molecule has 0 bridgehead atoms. The zero-order valence-corrected chi connectivity index (χ0v) is 14.1. The van der Waals surface area contributed by atoms with Gasteiger partial charge in [-0.2, -0.15) is 5.26 Å². The Balaban J connectivity index is 1.56. The van der Waals surface area contributed by atoms with E-state index in [4.69, 9.17) is 4.74 Å². The number of hydrogen-bond donors (Lipinski definition) is 0. The van der Waals surface area contributed by atoms with Crippen LogP contribution < -0.4 is 9.64 Å². The predicted octanol–water partition coefficient (Wildman–Crippen LogP) is 2.66. The Kier molecular flexibility index (Phi) is 4.90. The van der Waals surface area contributed by atoms with Crippen LogP contribution in [0.25, 0.3) is 0 Å². The minimum Gasteiger partial charge on any atom is -0.477 e. The van der Waals surface area contributed by atoms with Gasteiger partial charge in [0.1, 0.15) is 12.4 Å². The van der Waals surface area contributed by atoms with Crippen molar-refractivity contribution in [3.63, 3.8) is 0 Å². The number of aryl methyl sites for hydroxylation is 1. The van der Waals surface area contributed by atoms with Crippen molar-refractivity contribution in [1.29, 1.82) is 5.26 Å². The molecular formula is C18H21N5O. The molecule has 0 spiro atoms. The molecule has 2 aromatic heterocycles. The van der Waals surface area contributed by atoms with E-state index in [0.29, 0.717) is 24.1 Å². The van der Waals surface area contributed by atoms with Gasteiger partial charge >= 0.3 is 0 Å². The van der Waals surface area contributed by atoms with E-state index in [9.17, 15) is 5.26 Å². The van der Waals surface area contributed by atoms with E-state index < -0.39 is 0 Å². The van der Waals surface area contributed by atoms with Crippen molar-refractivity contribution in [3.8, 4) is 11.9 Å². The van der Waals surface area contributed by atoms with E-state index in [2.05, 4.69) is 25.9 Å². The molecule has 0 atom stereocenters. The molecule has 6 nitrogen and oxygen atoms in total. The first-order valence-corrected chi connectivity index (χ1v) is 8.20. The lowest BCUT2D eigenvalue weighted by molar-refractivity contribution is 0.214. The highest BCUT2D eigenvalue weighted by Gasteiger charge is 2.22. The van der Waals surface area contributed by atoms with Gasteiger partial charge in [0.2, 0.25) is 5.88 Å². The summed E-state index contributed by atoms with van der Waals surface area (Å²) >= 11 is 0. The number of nitriles is 1. The van der Waals surface area contributed by atoms with Crippen LogP contribution in [0, 0.1) is 31.1 Å². The van der Waals surface area contributed by atoms with E-state index in [1.807, 2.05) is 26.0 Å². The molecule has 6 heteroatoms. The summed E-state index contributed by atoms with van der Waals surface area (Å²) in [5.74, 6) is 1.18. The molecular weight excluding hydrogens is 302 g/mol. The lowest BCUT2D eigenvalue weighted by Gasteiger charge is -2.33. The summed E-state index contributed by atoms with van der Waals surface area (Å²) < 4.78 is 5.91. The van der Waals surface area contributed by atoms with Crippen molar-refractivity contribution < 1.29 is 4.74 Å². The smallest absolute Gasteiger partial charge is 0.219 e. The van der Waals surface area contributed by atoms with Gasteiger partial charge < -0.3 is 9.64 Å². The SMILES string of the molecule is Cc1ncnc(OCC2CCN(c3cccnc3C#N)CC2)c1C. The van der Waals surface area contributed by atoms with Gasteiger partial charge in [-0.3, -0.25) is 0 Å². The molecule has 0 radical (unpaired) electrons. The predicted molar refractivity (Wildman–Crippen MR) is 90.9 cm³/mol. The molecule has 0 aromatic carbocycles. The van der Waals surface area contributed by atoms with Crippen LogP contribution in [0.15, 0.2) is 24.7 Å². The largest absolute Gasteiger partial charge is 0.477 e. The fourth-order valence-corrected chi connectivity index (χ4v) is 2.94. The summed E-state index contributed by atoms with van der Waals surface area (Å²) in [6.07, 6.45) is 5.27. The number of nitrogens with zero attached hydrogens (tertiary/aromatic N) is 5. The average Bonchev–Trinajstić information content (AvgIpc) is 2.63. The van der Waals surface area contributed by atoms with Crippen LogP contribution in [0.2, 0.25) is 0 Å². The number of hydrogen-bond acceptors (Lipinski definition) is 6. The molecule has 3 rings (SSSR count). The van der Waals surface area contributed by atoms with Crippen molar-refractivity contribution in [1.82, 2.24) is 15.0 Å². The summed E-state index contributed by atoms with van der Waals surface area (Å²) in [5.41, 5.74) is 3.39. The average molecular weight is 323 g/mol. The Labute approximate surface area is 142 Å². The van der Waals surface area contributed by atoms with Gasteiger partial charge in [-0.15, -0.1) is 0 Å². The third-order valence-electron chi connectivity index (χ3n) is 4.59. The molecule has 0 amide bonds. The lowest BCUT2D eigenvalue weighted by Crippen LogP contribution is -2.36. The van der Waals surface area contributed by atoms with E-state index in [1.54, 1.807) is 12.5 Å². The molecule has 1 aliphatic heterocycles. The third-order valence-corrected chi connectivity index (χ3v) is 4.59. The second kappa shape index (κ2) is 7.26. The van der Waals surface area contributed by atoms with Crippen LogP contribution in [-0.4, -0.2) is 34.6 Å². The topological polar surface area (TPSA) is 74.9 Å². The van der Waals surface area contributed by atoms with Gasteiger partial charge in [0, 0.05) is 30.5 Å². The van der Waals surface area contributed by atoms with Crippen LogP contribution in [0.4, 0.5) is 5.69 Å². The van der Waals surface area contributed by atoms with Crippen molar-refractivity contribution in [2.45, 2.75) is 26.7 Å². The maximum Gasteiger partial charge on any atom is 0.219 e. The summed E-state index contributed by atoms with van der Waals surface area (Å²) in [5, 5.41) is 9.19. The number of ether oxygens (including phenoxy) is 1. The fraction of sp³-hybridized carbons (Fsp3) is 0.444. The maximum absolute atomic E-state index is 9.19. The van der Waals surface area contributed by atoms with Crippen LogP contribution in [0.5, 0.6) is 5.88 Å². The fourth-order valence-electron chi connectivity index (χ4n) is 2.94. The second-order valence-corrected chi connectivity index (χ2v) is 6.11. The van der Waals surface area contributed by atoms with Crippen molar-refractivity contribution in [2.24, 2.45) is 5.92 Å². The monoisotopic (exact) mass is 323 g/mol. The van der Waals surface area contributed by atoms with Crippen molar-refractivity contribution >= 4 is 5.69 Å². The minimum atomic E-state index is 0.498. The maximum atomic E-state index is 9.19. The molecule has 1 aliphatic rings. The number of pyridine rings is 1. The van der Waals surface area contributed by atoms with E-state index in [1.165, 1.54) is 0 Å². The zero-order chi connectivity index (χ0) is 16.9. The highest BCUT2D eigenvalue weighted by atomic mass is 16.5. The number of piperidine rings is 1. The van der Waals surface area contributed by atoms with E-state index in [-0.39, 0.29) is 0 Å². The van der Waals surface area contributed by atoms with Gasteiger partial charge in [0.05, 0.1) is 12.3 Å². The van der Waals surface area contributed by atoms with Crippen molar-refractivity contribution in [3.05, 3.63) is 41.6 Å². The summed E-state index contributed by atoms with van der Waals surface area (Å²) in [6.45, 7) is 6.44. The van der Waals surface area contributed by atoms with Gasteiger partial charge in [0.15, 0.2) is 5.69 Å². The Bertz CT molecular complexity index is 747. The van der Waals surface area contributed by atoms with Crippen LogP contribution >= 0.6 is 0 Å². The van der Waals surface area contributed by atoms with Gasteiger partial charge in [-0.25, -0.2) is 15.0 Å². The Hall–Kier alpha value is -2.68. The van der Waals surface area contributed by atoms with Crippen LogP contribution in [-0.2, 0) is 0 Å². The Morgan fingerprint density at radius 2 is 2.04 bits per heavy atom. The van der Waals surface area contributed by atoms with E-state index in [0.717, 1.165) is 42.9 Å². The van der Waals surface area contributed by atoms with Crippen molar-refractivity contribution in [2.75, 3.05) is 24.6 Å². The molecule has 0 saturated carbocycles. The quantitative estimate of drug-likeness (QED) is 0.861. The lowest BCUT2D eigenvalue weighted by atomic mass is 9.97. The molecule has 24 heavy (non-hydrogen) atoms. The summed E-state index contributed by atoms with van der Waals surface area (Å²) in [7, 11) is 0. The van der Waals surface area contributed by atoms with Gasteiger partial charge in [-0.05, 0) is 44.7 Å². The Morgan fingerprint density at radius 1 is 1.25 bits per heavy atom. The first-order chi connectivity index (χ1) is 11.7. The zero-order valence-electron chi connectivity index (χ0n) is 14.1. The summed E-state index contributed by atoms with van der Waals surface area (Å²) in [4.78, 5) is 14.8.